The van der Waals surface area contributed by atoms with Gasteiger partial charge >= 0.3 is 0 Å². The number of sulfonamides is 1. The van der Waals surface area contributed by atoms with Crippen LogP contribution >= 0.6 is 0 Å². The number of hydrogen-bond donors (Lipinski definition) is 1. The molecule has 0 aliphatic carbocycles. The Kier molecular flexibility index (Phi) is 8.71. The molecule has 0 unspecified atom stereocenters. The Morgan fingerprint density at radius 2 is 1.63 bits per heavy atom. The molecule has 0 heterocycles. The first-order valence-corrected chi connectivity index (χ1v) is 11.0. The average molecular weight is 431 g/mol. The fourth-order valence-corrected chi connectivity index (χ4v) is 4.14. The van der Waals surface area contributed by atoms with Crippen molar-refractivity contribution < 1.29 is 22.7 Å². The quantitative estimate of drug-likeness (QED) is 0.618. The lowest BCUT2D eigenvalue weighted by atomic mass is 10.2. The highest BCUT2D eigenvalue weighted by atomic mass is 32.2. The van der Waals surface area contributed by atoms with E-state index >= 15 is 0 Å². The van der Waals surface area contributed by atoms with Crippen LogP contribution in [0.25, 0.3) is 0 Å². The molecule has 2 aromatic rings. The first-order valence-electron chi connectivity index (χ1n) is 9.54. The van der Waals surface area contributed by atoms with Crippen molar-refractivity contribution in [2.24, 2.45) is 0 Å². The molecule has 0 saturated heterocycles. The van der Waals surface area contributed by atoms with E-state index in [-0.39, 0.29) is 24.0 Å². The lowest BCUT2D eigenvalue weighted by molar-refractivity contribution is 0.0958. The maximum absolute atomic E-state index is 12.5. The number of nitrogens with one attached hydrogen (secondary N) is 1. The van der Waals surface area contributed by atoms with Gasteiger partial charge in [0.2, 0.25) is 10.0 Å². The number of nitrogens with zero attached hydrogens (tertiary/aromatic N) is 1. The van der Waals surface area contributed by atoms with Gasteiger partial charge in [-0.15, -0.1) is 0 Å². The van der Waals surface area contributed by atoms with Crippen LogP contribution in [0.1, 0.15) is 24.2 Å². The molecule has 0 aliphatic heterocycles. The van der Waals surface area contributed by atoms with Gasteiger partial charge in [-0.25, -0.2) is 8.42 Å². The fraction of sp³-hybridized carbons (Fsp3) is 0.318. The van der Waals surface area contributed by atoms with E-state index in [0.29, 0.717) is 30.2 Å². The molecule has 1 N–H and O–H groups in total. The van der Waals surface area contributed by atoms with Crippen LogP contribution in [-0.4, -0.2) is 52.0 Å². The molecule has 2 aromatic carbocycles. The molecule has 160 valence electrons. The van der Waals surface area contributed by atoms with Crippen molar-refractivity contribution in [2.75, 3.05) is 33.4 Å². The second-order valence-electron chi connectivity index (χ2n) is 6.09. The van der Waals surface area contributed by atoms with Gasteiger partial charge in [-0.2, -0.15) is 4.31 Å². The van der Waals surface area contributed by atoms with Gasteiger partial charge in [-0.3, -0.25) is 4.79 Å². The molecule has 0 aliphatic rings. The third-order valence-corrected chi connectivity index (χ3v) is 6.36. The smallest absolute Gasteiger partial charge is 0.252 e. The first kappa shape index (κ1) is 23.3. The highest BCUT2D eigenvalue weighted by Crippen LogP contribution is 2.25. The van der Waals surface area contributed by atoms with Gasteiger partial charge in [0, 0.05) is 18.7 Å². The van der Waals surface area contributed by atoms with Gasteiger partial charge in [0.15, 0.2) is 11.5 Å². The van der Waals surface area contributed by atoms with E-state index in [9.17, 15) is 13.2 Å². The predicted molar refractivity (Wildman–Crippen MR) is 115 cm³/mol. The minimum absolute atomic E-state index is 0.146. The number of carbonyl (C=O) groups excluding carboxylic acids is 1. The highest BCUT2D eigenvalue weighted by Gasteiger charge is 2.21. The number of carbonyl (C=O) groups is 1. The number of para-hydroxylation sites is 2. The maximum Gasteiger partial charge on any atom is 0.252 e. The van der Waals surface area contributed by atoms with Crippen molar-refractivity contribution in [3.05, 3.63) is 54.1 Å². The Morgan fingerprint density at radius 3 is 2.23 bits per heavy atom. The van der Waals surface area contributed by atoms with E-state index in [1.54, 1.807) is 33.1 Å². The SMILES string of the molecule is CCN(CC)S(=O)(=O)c1ccc(C(=O)NCC#CCOc2ccccc2OC)cc1. The molecule has 0 saturated carbocycles. The summed E-state index contributed by atoms with van der Waals surface area (Å²) in [5.41, 5.74) is 0.362. The minimum Gasteiger partial charge on any atom is -0.493 e. The van der Waals surface area contributed by atoms with Gasteiger partial charge in [0.05, 0.1) is 18.6 Å². The Balaban J connectivity index is 1.87. The second-order valence-corrected chi connectivity index (χ2v) is 8.03. The molecule has 8 heteroatoms. The summed E-state index contributed by atoms with van der Waals surface area (Å²) >= 11 is 0. The summed E-state index contributed by atoms with van der Waals surface area (Å²) in [5.74, 6) is 6.52. The Bertz CT molecular complexity index is 1000. The largest absolute Gasteiger partial charge is 0.493 e. The number of methoxy groups -OCH3 is 1. The fourth-order valence-electron chi connectivity index (χ4n) is 2.68. The van der Waals surface area contributed by atoms with Crippen LogP contribution in [0.5, 0.6) is 11.5 Å². The summed E-state index contributed by atoms with van der Waals surface area (Å²) < 4.78 is 37.0. The topological polar surface area (TPSA) is 84.9 Å². The third-order valence-electron chi connectivity index (χ3n) is 4.29. The molecule has 0 radical (unpaired) electrons. The first-order chi connectivity index (χ1) is 14.4. The predicted octanol–water partition coefficient (Wildman–Crippen LogP) is 2.54. The summed E-state index contributed by atoms with van der Waals surface area (Å²) in [7, 11) is -1.98. The van der Waals surface area contributed by atoms with Gasteiger partial charge in [0.25, 0.3) is 5.91 Å². The number of rotatable bonds is 9. The molecule has 1 amide bonds. The number of ether oxygens (including phenoxy) is 2. The zero-order valence-electron chi connectivity index (χ0n) is 17.3. The zero-order chi connectivity index (χ0) is 22.0. The van der Waals surface area contributed by atoms with E-state index in [1.165, 1.54) is 28.6 Å². The zero-order valence-corrected chi connectivity index (χ0v) is 18.2. The van der Waals surface area contributed by atoms with Crippen molar-refractivity contribution in [3.8, 4) is 23.3 Å². The van der Waals surface area contributed by atoms with Crippen LogP contribution in [0.4, 0.5) is 0 Å². The summed E-state index contributed by atoms with van der Waals surface area (Å²) in [6.45, 7) is 4.65. The molecule has 0 fully saturated rings. The Hall–Kier alpha value is -3.02. The number of amides is 1. The minimum atomic E-state index is -3.54. The lowest BCUT2D eigenvalue weighted by Crippen LogP contribution is -2.30. The van der Waals surface area contributed by atoms with Gasteiger partial charge < -0.3 is 14.8 Å². The molecule has 0 bridgehead atoms. The molecular weight excluding hydrogens is 404 g/mol. The van der Waals surface area contributed by atoms with Crippen molar-refractivity contribution in [3.63, 3.8) is 0 Å². The highest BCUT2D eigenvalue weighted by molar-refractivity contribution is 7.89. The van der Waals surface area contributed by atoms with Crippen LogP contribution < -0.4 is 14.8 Å². The third kappa shape index (κ3) is 5.99. The van der Waals surface area contributed by atoms with Crippen molar-refractivity contribution >= 4 is 15.9 Å². The van der Waals surface area contributed by atoms with Gasteiger partial charge in [-0.1, -0.05) is 37.8 Å². The van der Waals surface area contributed by atoms with E-state index < -0.39 is 10.0 Å². The van der Waals surface area contributed by atoms with E-state index in [0.717, 1.165) is 0 Å². The van der Waals surface area contributed by atoms with Crippen LogP contribution in [-0.2, 0) is 10.0 Å². The molecule has 0 aromatic heterocycles. The summed E-state index contributed by atoms with van der Waals surface area (Å²) in [4.78, 5) is 12.4. The van der Waals surface area contributed by atoms with Crippen LogP contribution in [0, 0.1) is 11.8 Å². The Morgan fingerprint density at radius 1 is 1.00 bits per heavy atom. The van der Waals surface area contributed by atoms with E-state index in [1.807, 2.05) is 12.1 Å². The van der Waals surface area contributed by atoms with Crippen LogP contribution in [0.2, 0.25) is 0 Å². The van der Waals surface area contributed by atoms with Crippen molar-refractivity contribution in [1.29, 1.82) is 0 Å². The van der Waals surface area contributed by atoms with Crippen molar-refractivity contribution in [1.82, 2.24) is 9.62 Å². The van der Waals surface area contributed by atoms with Gasteiger partial charge in [-0.05, 0) is 36.4 Å². The second kappa shape index (κ2) is 11.2. The summed E-state index contributed by atoms with van der Waals surface area (Å²) in [6, 6.07) is 13.1. The van der Waals surface area contributed by atoms with E-state index in [2.05, 4.69) is 17.2 Å². The van der Waals surface area contributed by atoms with E-state index in [4.69, 9.17) is 9.47 Å². The number of hydrogen-bond acceptors (Lipinski definition) is 5. The molecule has 7 nitrogen and oxygen atoms in total. The summed E-state index contributed by atoms with van der Waals surface area (Å²) in [6.07, 6.45) is 0. The monoisotopic (exact) mass is 430 g/mol. The van der Waals surface area contributed by atoms with Crippen LogP contribution in [0.15, 0.2) is 53.4 Å². The molecular formula is C22H26N2O5S. The molecule has 0 atom stereocenters. The lowest BCUT2D eigenvalue weighted by Gasteiger charge is -2.18. The summed E-state index contributed by atoms with van der Waals surface area (Å²) in [5, 5.41) is 2.67. The van der Waals surface area contributed by atoms with Crippen molar-refractivity contribution in [2.45, 2.75) is 18.7 Å². The number of benzene rings is 2. The Labute approximate surface area is 178 Å². The standard InChI is InChI=1S/C22H26N2O5S/c1-4-24(5-2)30(26,27)19-14-12-18(13-15-19)22(25)23-16-8-9-17-29-21-11-7-6-10-20(21)28-3/h6-7,10-15H,4-5,16-17H2,1-3H3,(H,23,25). The van der Waals surface area contributed by atoms with Crippen LogP contribution in [0.3, 0.4) is 0 Å². The maximum atomic E-state index is 12.5. The average Bonchev–Trinajstić information content (AvgIpc) is 2.77. The normalized spacial score (nSPS) is 10.8. The van der Waals surface area contributed by atoms with Gasteiger partial charge in [0.1, 0.15) is 6.61 Å². The molecule has 2 rings (SSSR count). The molecule has 0 spiro atoms. The molecule has 30 heavy (non-hydrogen) atoms.